The van der Waals surface area contributed by atoms with Crippen molar-refractivity contribution in [3.8, 4) is 0 Å². The third-order valence-corrected chi connectivity index (χ3v) is 2.97. The van der Waals surface area contributed by atoms with Crippen molar-refractivity contribution in [3.63, 3.8) is 0 Å². The number of aromatic nitrogens is 3. The van der Waals surface area contributed by atoms with Gasteiger partial charge >= 0.3 is 6.09 Å². The Morgan fingerprint density at radius 1 is 1.44 bits per heavy atom. The van der Waals surface area contributed by atoms with Gasteiger partial charge in [-0.3, -0.25) is 0 Å². The van der Waals surface area contributed by atoms with Gasteiger partial charge in [0.2, 0.25) is 0 Å². The lowest BCUT2D eigenvalue weighted by atomic mass is 10.2. The van der Waals surface area contributed by atoms with Crippen LogP contribution in [0.2, 0.25) is 5.15 Å². The third kappa shape index (κ3) is 2.49. The number of hydrogen-bond acceptors (Lipinski definition) is 4. The van der Waals surface area contributed by atoms with E-state index in [0.717, 1.165) is 0 Å². The highest BCUT2D eigenvalue weighted by molar-refractivity contribution is 9.10. The van der Waals surface area contributed by atoms with Crippen LogP contribution in [0.15, 0.2) is 17.0 Å². The summed E-state index contributed by atoms with van der Waals surface area (Å²) in [6.45, 7) is 5.40. The molecule has 0 N–H and O–H groups in total. The predicted octanol–water partition coefficient (Wildman–Crippen LogP) is 3.63. The fourth-order valence-electron chi connectivity index (χ4n) is 1.43. The van der Waals surface area contributed by atoms with Crippen LogP contribution in [0, 0.1) is 0 Å². The summed E-state index contributed by atoms with van der Waals surface area (Å²) in [6, 6.07) is 0. The monoisotopic (exact) mass is 331 g/mol. The van der Waals surface area contributed by atoms with Crippen molar-refractivity contribution in [3.05, 3.63) is 22.1 Å². The molecule has 0 aliphatic carbocycles. The van der Waals surface area contributed by atoms with Gasteiger partial charge in [-0.05, 0) is 36.7 Å². The molecule has 0 amide bonds. The van der Waals surface area contributed by atoms with Crippen molar-refractivity contribution in [1.29, 1.82) is 0 Å². The molecule has 5 nitrogen and oxygen atoms in total. The first-order valence-corrected chi connectivity index (χ1v) is 6.37. The fraction of sp³-hybridized carbons (Fsp3) is 0.364. The summed E-state index contributed by atoms with van der Waals surface area (Å²) >= 11 is 9.29. The topological polar surface area (TPSA) is 57.0 Å². The van der Waals surface area contributed by atoms with Gasteiger partial charge in [0, 0.05) is 10.7 Å². The highest BCUT2D eigenvalue weighted by Crippen LogP contribution is 2.29. The summed E-state index contributed by atoms with van der Waals surface area (Å²) < 4.78 is 7.24. The van der Waals surface area contributed by atoms with E-state index in [1.54, 1.807) is 27.0 Å². The number of fused-ring (bicyclic) bond motifs is 1. The Labute approximate surface area is 117 Å². The SMILES string of the molecule is CC(C)(C)OC(=O)n1cc(Br)c2c(Cl)ncnc21. The molecule has 96 valence electrons. The second kappa shape index (κ2) is 4.51. The first-order chi connectivity index (χ1) is 8.29. The molecule has 2 aromatic rings. The first kappa shape index (κ1) is 13.3. The molecule has 0 aliphatic heterocycles. The highest BCUT2D eigenvalue weighted by Gasteiger charge is 2.22. The summed E-state index contributed by atoms with van der Waals surface area (Å²) in [5.41, 5.74) is -0.159. The average Bonchev–Trinajstić information content (AvgIpc) is 2.55. The van der Waals surface area contributed by atoms with Crippen molar-refractivity contribution < 1.29 is 9.53 Å². The molecule has 0 spiro atoms. The van der Waals surface area contributed by atoms with Crippen LogP contribution in [0.1, 0.15) is 20.8 Å². The Morgan fingerprint density at radius 2 is 2.11 bits per heavy atom. The number of halogens is 2. The van der Waals surface area contributed by atoms with Crippen LogP contribution < -0.4 is 0 Å². The molecule has 0 saturated carbocycles. The molecule has 0 saturated heterocycles. The van der Waals surface area contributed by atoms with Gasteiger partial charge in [0.15, 0.2) is 5.65 Å². The summed E-state index contributed by atoms with van der Waals surface area (Å²) in [5.74, 6) is 0. The van der Waals surface area contributed by atoms with E-state index < -0.39 is 11.7 Å². The Kier molecular flexibility index (Phi) is 3.33. The largest absolute Gasteiger partial charge is 0.443 e. The maximum absolute atomic E-state index is 12.0. The van der Waals surface area contributed by atoms with E-state index in [0.29, 0.717) is 15.5 Å². The summed E-state index contributed by atoms with van der Waals surface area (Å²) in [4.78, 5) is 19.9. The molecule has 0 aliphatic rings. The summed E-state index contributed by atoms with van der Waals surface area (Å²) in [6.07, 6.45) is 2.37. The average molecular weight is 333 g/mol. The van der Waals surface area contributed by atoms with Crippen LogP contribution in [0.3, 0.4) is 0 Å². The molecular weight excluding hydrogens is 321 g/mol. The van der Waals surface area contributed by atoms with E-state index in [1.807, 2.05) is 0 Å². The molecule has 0 radical (unpaired) electrons. The van der Waals surface area contributed by atoms with Gasteiger partial charge in [-0.25, -0.2) is 19.3 Å². The van der Waals surface area contributed by atoms with Crippen molar-refractivity contribution in [1.82, 2.24) is 14.5 Å². The molecule has 7 heteroatoms. The minimum atomic E-state index is -0.572. The van der Waals surface area contributed by atoms with Crippen LogP contribution in [-0.4, -0.2) is 26.2 Å². The van der Waals surface area contributed by atoms with Crippen molar-refractivity contribution in [2.75, 3.05) is 0 Å². The lowest BCUT2D eigenvalue weighted by Crippen LogP contribution is -2.26. The highest BCUT2D eigenvalue weighted by atomic mass is 79.9. The van der Waals surface area contributed by atoms with Gasteiger partial charge < -0.3 is 4.74 Å². The molecule has 0 atom stereocenters. The summed E-state index contributed by atoms with van der Waals surface area (Å²) in [5, 5.41) is 0.874. The molecule has 0 fully saturated rings. The van der Waals surface area contributed by atoms with E-state index in [1.165, 1.54) is 10.9 Å². The second-order valence-corrected chi connectivity index (χ2v) is 5.90. The van der Waals surface area contributed by atoms with E-state index in [2.05, 4.69) is 25.9 Å². The summed E-state index contributed by atoms with van der Waals surface area (Å²) in [7, 11) is 0. The minimum Gasteiger partial charge on any atom is -0.443 e. The number of carbonyl (C=O) groups excluding carboxylic acids is 1. The minimum absolute atomic E-state index is 0.286. The third-order valence-electron chi connectivity index (χ3n) is 2.08. The van der Waals surface area contributed by atoms with Crippen LogP contribution in [0.5, 0.6) is 0 Å². The van der Waals surface area contributed by atoms with Crippen LogP contribution in [-0.2, 0) is 4.74 Å². The Hall–Kier alpha value is -1.14. The van der Waals surface area contributed by atoms with Crippen molar-refractivity contribution >= 4 is 44.7 Å². The smallest absolute Gasteiger partial charge is 0.420 e. The van der Waals surface area contributed by atoms with E-state index in [4.69, 9.17) is 16.3 Å². The zero-order valence-electron chi connectivity index (χ0n) is 10.1. The maximum atomic E-state index is 12.0. The molecule has 2 heterocycles. The number of ether oxygens (including phenoxy) is 1. The zero-order valence-corrected chi connectivity index (χ0v) is 12.4. The van der Waals surface area contributed by atoms with Gasteiger partial charge in [-0.1, -0.05) is 11.6 Å². The van der Waals surface area contributed by atoms with Gasteiger partial charge in [0.1, 0.15) is 17.1 Å². The molecule has 18 heavy (non-hydrogen) atoms. The molecular formula is C11H11BrClN3O2. The van der Waals surface area contributed by atoms with E-state index >= 15 is 0 Å². The fourth-order valence-corrected chi connectivity index (χ4v) is 2.35. The normalized spacial score (nSPS) is 11.8. The van der Waals surface area contributed by atoms with E-state index in [-0.39, 0.29) is 5.15 Å². The molecule has 2 aromatic heterocycles. The number of rotatable bonds is 0. The van der Waals surface area contributed by atoms with Gasteiger partial charge in [0.25, 0.3) is 0 Å². The number of carbonyl (C=O) groups is 1. The second-order valence-electron chi connectivity index (χ2n) is 4.69. The standard InChI is InChI=1S/C11H11BrClN3O2/c1-11(2,3)18-10(17)16-4-6(12)7-8(13)14-5-15-9(7)16/h4-5H,1-3H3. The van der Waals surface area contributed by atoms with E-state index in [9.17, 15) is 4.79 Å². The van der Waals surface area contributed by atoms with Crippen LogP contribution in [0.4, 0.5) is 4.79 Å². The molecule has 0 unspecified atom stereocenters. The Morgan fingerprint density at radius 3 is 2.72 bits per heavy atom. The lowest BCUT2D eigenvalue weighted by Gasteiger charge is -2.19. The molecule has 0 bridgehead atoms. The number of hydrogen-bond donors (Lipinski definition) is 0. The Balaban J connectivity index is 2.53. The zero-order chi connectivity index (χ0) is 13.5. The quantitative estimate of drug-likeness (QED) is 0.691. The van der Waals surface area contributed by atoms with Gasteiger partial charge in [-0.2, -0.15) is 0 Å². The van der Waals surface area contributed by atoms with Gasteiger partial charge in [-0.15, -0.1) is 0 Å². The molecule has 0 aromatic carbocycles. The van der Waals surface area contributed by atoms with Crippen molar-refractivity contribution in [2.45, 2.75) is 26.4 Å². The number of nitrogens with zero attached hydrogens (tertiary/aromatic N) is 3. The van der Waals surface area contributed by atoms with Crippen LogP contribution in [0.25, 0.3) is 11.0 Å². The molecule has 2 rings (SSSR count). The lowest BCUT2D eigenvalue weighted by molar-refractivity contribution is 0.0543. The van der Waals surface area contributed by atoms with Crippen LogP contribution >= 0.6 is 27.5 Å². The Bertz CT molecular complexity index is 619. The maximum Gasteiger partial charge on any atom is 0.420 e. The van der Waals surface area contributed by atoms with Crippen molar-refractivity contribution in [2.24, 2.45) is 0 Å². The van der Waals surface area contributed by atoms with Gasteiger partial charge in [0.05, 0.1) is 5.39 Å². The first-order valence-electron chi connectivity index (χ1n) is 5.20. The predicted molar refractivity (Wildman–Crippen MR) is 71.9 cm³/mol.